The normalized spacial score (nSPS) is 12.0. The van der Waals surface area contributed by atoms with Gasteiger partial charge >= 0.3 is 24.1 Å². The van der Waals surface area contributed by atoms with Crippen LogP contribution in [0, 0.1) is 0 Å². The Hall–Kier alpha value is -7.12. The highest BCUT2D eigenvalue weighted by Gasteiger charge is 2.26. The van der Waals surface area contributed by atoms with Crippen molar-refractivity contribution in [1.29, 1.82) is 0 Å². The van der Waals surface area contributed by atoms with Crippen molar-refractivity contribution < 1.29 is 48.0 Å². The first kappa shape index (κ1) is 47.9. The van der Waals surface area contributed by atoms with Crippen LogP contribution in [-0.2, 0) is 43.6 Å². The summed E-state index contributed by atoms with van der Waals surface area (Å²) in [5, 5.41) is 15.9. The zero-order valence-electron chi connectivity index (χ0n) is 37.4. The van der Waals surface area contributed by atoms with Crippen LogP contribution in [0.2, 0.25) is 25.7 Å². The molecule has 0 spiro atoms. The Kier molecular flexibility index (Phi) is 16.7. The molecule has 0 aliphatic heterocycles. The van der Waals surface area contributed by atoms with E-state index in [0.717, 1.165) is 16.7 Å². The van der Waals surface area contributed by atoms with Crippen molar-refractivity contribution in [3.8, 4) is 22.6 Å². The second kappa shape index (κ2) is 22.3. The standard InChI is InChI=1S/C51H56N2O10Si/c1-51(2,3)63-50(58)52-43(48(56)59-4)31-40-29-38(23-25-44(40)60-32-35-17-11-8-12-18-35)39-24-26-45(61-33-36-19-13-9-14-20-36)42(30-39)41(27-28-64(5,6)7)46(47(54)55)53-49(57)62-34-37-21-15-10-16-22-37/h8-26,29-31H,27-28,32-34H2,1-7H3,(H,52,58)(H,53,57)(H,54,55)/b43-31+,46-41+. The maximum absolute atomic E-state index is 13.3. The van der Waals surface area contributed by atoms with Crippen LogP contribution < -0.4 is 20.1 Å². The molecule has 0 heterocycles. The summed E-state index contributed by atoms with van der Waals surface area (Å²) in [5.74, 6) is -1.37. The molecule has 0 radical (unpaired) electrons. The summed E-state index contributed by atoms with van der Waals surface area (Å²) in [4.78, 5) is 52.6. The zero-order valence-corrected chi connectivity index (χ0v) is 38.4. The lowest BCUT2D eigenvalue weighted by Crippen LogP contribution is -2.34. The maximum atomic E-state index is 13.3. The first-order chi connectivity index (χ1) is 30.5. The zero-order chi connectivity index (χ0) is 46.3. The van der Waals surface area contributed by atoms with Crippen molar-refractivity contribution in [1.82, 2.24) is 10.6 Å². The first-order valence-electron chi connectivity index (χ1n) is 20.8. The fourth-order valence-electron chi connectivity index (χ4n) is 6.35. The lowest BCUT2D eigenvalue weighted by Gasteiger charge is -2.22. The van der Waals surface area contributed by atoms with Crippen LogP contribution in [0.4, 0.5) is 9.59 Å². The van der Waals surface area contributed by atoms with Gasteiger partial charge < -0.3 is 28.8 Å². The number of methoxy groups -OCH3 is 1. The molecule has 0 fully saturated rings. The number of allylic oxidation sites excluding steroid dienone is 1. The Balaban J connectivity index is 1.67. The summed E-state index contributed by atoms with van der Waals surface area (Å²) in [6.45, 7) is 12.0. The van der Waals surface area contributed by atoms with Crippen LogP contribution in [0.15, 0.2) is 139 Å². The van der Waals surface area contributed by atoms with Gasteiger partial charge in [-0.05, 0) is 90.9 Å². The van der Waals surface area contributed by atoms with E-state index >= 15 is 0 Å². The highest BCUT2D eigenvalue weighted by molar-refractivity contribution is 6.76. The monoisotopic (exact) mass is 884 g/mol. The molecule has 0 aliphatic rings. The number of rotatable bonds is 18. The van der Waals surface area contributed by atoms with Gasteiger partial charge in [0.25, 0.3) is 0 Å². The molecule has 2 amide bonds. The summed E-state index contributed by atoms with van der Waals surface area (Å²) in [7, 11) is -0.604. The number of carboxylic acids is 1. The Bertz CT molecular complexity index is 2460. The van der Waals surface area contributed by atoms with Crippen molar-refractivity contribution in [3.63, 3.8) is 0 Å². The second-order valence-electron chi connectivity index (χ2n) is 17.1. The van der Waals surface area contributed by atoms with Crippen molar-refractivity contribution in [2.45, 2.75) is 78.3 Å². The number of amides is 2. The van der Waals surface area contributed by atoms with Gasteiger partial charge in [0.15, 0.2) is 0 Å². The number of hydrogen-bond donors (Lipinski definition) is 3. The van der Waals surface area contributed by atoms with E-state index in [4.69, 9.17) is 23.7 Å². The molecule has 0 unspecified atom stereocenters. The highest BCUT2D eigenvalue weighted by atomic mass is 28.3. The average molecular weight is 885 g/mol. The Labute approximate surface area is 375 Å². The van der Waals surface area contributed by atoms with Gasteiger partial charge in [-0.1, -0.05) is 129 Å². The van der Waals surface area contributed by atoms with E-state index in [1.807, 2.05) is 97.1 Å². The predicted molar refractivity (Wildman–Crippen MR) is 250 cm³/mol. The molecule has 334 valence electrons. The fraction of sp³-hybridized carbons (Fsp3) is 0.255. The van der Waals surface area contributed by atoms with E-state index in [1.165, 1.54) is 13.2 Å². The molecule has 5 aromatic rings. The number of hydrogen-bond acceptors (Lipinski definition) is 9. The van der Waals surface area contributed by atoms with Crippen LogP contribution in [0.25, 0.3) is 22.8 Å². The molecule has 12 nitrogen and oxygen atoms in total. The third-order valence-electron chi connectivity index (χ3n) is 9.54. The number of carboxylic acid groups (broad SMARTS) is 1. The summed E-state index contributed by atoms with van der Waals surface area (Å²) in [6.07, 6.45) is -0.0173. The third kappa shape index (κ3) is 15.1. The Morgan fingerprint density at radius 2 is 1.17 bits per heavy atom. The Morgan fingerprint density at radius 1 is 0.656 bits per heavy atom. The van der Waals surface area contributed by atoms with E-state index in [-0.39, 0.29) is 31.2 Å². The van der Waals surface area contributed by atoms with Gasteiger partial charge in [-0.15, -0.1) is 0 Å². The molecule has 64 heavy (non-hydrogen) atoms. The van der Waals surface area contributed by atoms with E-state index in [1.54, 1.807) is 51.1 Å². The topological polar surface area (TPSA) is 159 Å². The molecule has 0 atom stereocenters. The van der Waals surface area contributed by atoms with Gasteiger partial charge in [-0.25, -0.2) is 19.2 Å². The maximum Gasteiger partial charge on any atom is 0.412 e. The smallest absolute Gasteiger partial charge is 0.412 e. The molecule has 0 aliphatic carbocycles. The lowest BCUT2D eigenvalue weighted by atomic mass is 9.94. The molecule has 5 aromatic carbocycles. The van der Waals surface area contributed by atoms with Gasteiger partial charge in [-0.3, -0.25) is 10.6 Å². The lowest BCUT2D eigenvalue weighted by molar-refractivity contribution is -0.136. The second-order valence-corrected chi connectivity index (χ2v) is 22.7. The fourth-order valence-corrected chi connectivity index (χ4v) is 7.35. The minimum atomic E-state index is -1.81. The quantitative estimate of drug-likeness (QED) is 0.0335. The molecular weight excluding hydrogens is 829 g/mol. The number of carbonyl (C=O) groups excluding carboxylic acids is 3. The third-order valence-corrected chi connectivity index (χ3v) is 11.3. The van der Waals surface area contributed by atoms with Gasteiger partial charge in [0.1, 0.15) is 48.3 Å². The highest BCUT2D eigenvalue weighted by Crippen LogP contribution is 2.38. The number of nitrogens with one attached hydrogen (secondary N) is 2. The number of carbonyl (C=O) groups is 4. The molecule has 0 bridgehead atoms. The number of esters is 1. The summed E-state index contributed by atoms with van der Waals surface area (Å²) in [5.41, 5.74) is 3.69. The Morgan fingerprint density at radius 3 is 1.69 bits per heavy atom. The molecule has 13 heteroatoms. The number of benzene rings is 5. The van der Waals surface area contributed by atoms with Crippen LogP contribution in [0.1, 0.15) is 55.0 Å². The molecule has 0 saturated carbocycles. The molecule has 5 rings (SSSR count). The van der Waals surface area contributed by atoms with Crippen molar-refractivity contribution >= 4 is 43.8 Å². The number of ether oxygens (including phenoxy) is 5. The number of aliphatic carboxylic acids is 1. The average Bonchev–Trinajstić information content (AvgIpc) is 3.26. The molecule has 0 saturated heterocycles. The van der Waals surface area contributed by atoms with Crippen molar-refractivity contribution in [2.75, 3.05) is 7.11 Å². The van der Waals surface area contributed by atoms with Gasteiger partial charge in [0.05, 0.1) is 7.11 Å². The van der Waals surface area contributed by atoms with Crippen LogP contribution in [0.5, 0.6) is 11.5 Å². The van der Waals surface area contributed by atoms with E-state index in [2.05, 4.69) is 30.3 Å². The van der Waals surface area contributed by atoms with Crippen LogP contribution in [0.3, 0.4) is 0 Å². The van der Waals surface area contributed by atoms with Gasteiger partial charge in [-0.2, -0.15) is 0 Å². The molecule has 0 aromatic heterocycles. The summed E-state index contributed by atoms with van der Waals surface area (Å²) in [6, 6.07) is 39.7. The van der Waals surface area contributed by atoms with Crippen LogP contribution in [-0.4, -0.2) is 50.0 Å². The summed E-state index contributed by atoms with van der Waals surface area (Å²) >= 11 is 0. The van der Waals surface area contributed by atoms with E-state index in [9.17, 15) is 24.3 Å². The largest absolute Gasteiger partial charge is 0.488 e. The first-order valence-corrected chi connectivity index (χ1v) is 24.5. The predicted octanol–water partition coefficient (Wildman–Crippen LogP) is 11.0. The minimum absolute atomic E-state index is 0.0580. The number of alkyl carbamates (subject to hydrolysis) is 2. The van der Waals surface area contributed by atoms with E-state index < -0.39 is 37.8 Å². The summed E-state index contributed by atoms with van der Waals surface area (Å²) < 4.78 is 28.7. The van der Waals surface area contributed by atoms with Crippen LogP contribution >= 0.6 is 0 Å². The molecule has 3 N–H and O–H groups in total. The molecular formula is C51H56N2O10Si. The van der Waals surface area contributed by atoms with E-state index in [0.29, 0.717) is 51.8 Å². The SMILES string of the molecule is COC(=O)/C(=C\c1cc(-c2ccc(OCc3ccccc3)c(/C(CC[Si](C)(C)C)=C(/NC(=O)OCc3ccccc3)C(=O)O)c2)ccc1OCc1ccccc1)NC(=O)OC(C)(C)C. The van der Waals surface area contributed by atoms with Crippen molar-refractivity contribution in [2.24, 2.45) is 0 Å². The van der Waals surface area contributed by atoms with Gasteiger partial charge in [0, 0.05) is 19.2 Å². The van der Waals surface area contributed by atoms with Gasteiger partial charge in [0.2, 0.25) is 0 Å². The van der Waals surface area contributed by atoms with Crippen molar-refractivity contribution in [3.05, 3.63) is 167 Å². The minimum Gasteiger partial charge on any atom is -0.488 e.